The van der Waals surface area contributed by atoms with Crippen LogP contribution in [0.15, 0.2) is 106 Å². The maximum atomic E-state index is 12.9. The fourth-order valence-electron chi connectivity index (χ4n) is 3.92. The lowest BCUT2D eigenvalue weighted by Gasteiger charge is -2.14. The van der Waals surface area contributed by atoms with Crippen LogP contribution in [0.25, 0.3) is 22.6 Å². The molecule has 1 unspecified atom stereocenters. The number of carbonyl (C=O) groups excluding carboxylic acids is 2. The Kier molecular flexibility index (Phi) is 8.23. The van der Waals surface area contributed by atoms with Crippen molar-refractivity contribution in [2.75, 3.05) is 16.0 Å². The summed E-state index contributed by atoms with van der Waals surface area (Å²) < 4.78 is 5.82. The topological polar surface area (TPSA) is 96.3 Å². The average Bonchev–Trinajstić information content (AvgIpc) is 3.38. The van der Waals surface area contributed by atoms with Crippen LogP contribution < -0.4 is 16.0 Å². The number of oxazole rings is 1. The molecule has 7 nitrogen and oxygen atoms in total. The number of benzene rings is 4. The Bertz CT molecular complexity index is 1650. The van der Waals surface area contributed by atoms with Crippen molar-refractivity contribution in [2.24, 2.45) is 0 Å². The van der Waals surface area contributed by atoms with Crippen molar-refractivity contribution in [1.29, 1.82) is 0 Å². The number of amides is 1. The highest BCUT2D eigenvalue weighted by Crippen LogP contribution is 2.28. The van der Waals surface area contributed by atoms with Gasteiger partial charge in [-0.3, -0.25) is 9.59 Å². The van der Waals surface area contributed by atoms with Gasteiger partial charge in [0.05, 0.1) is 5.25 Å². The number of anilines is 3. The number of para-hydroxylation sites is 2. The maximum absolute atomic E-state index is 12.9. The van der Waals surface area contributed by atoms with Crippen LogP contribution in [-0.4, -0.2) is 27.0 Å². The van der Waals surface area contributed by atoms with Gasteiger partial charge in [0, 0.05) is 33.1 Å². The van der Waals surface area contributed by atoms with Crippen LogP contribution in [0.1, 0.15) is 24.2 Å². The molecule has 0 aliphatic carbocycles. The Morgan fingerprint density at radius 1 is 0.825 bits per heavy atom. The van der Waals surface area contributed by atoms with Gasteiger partial charge in [-0.1, -0.05) is 18.2 Å². The highest BCUT2D eigenvalue weighted by molar-refractivity contribution is 8.00. The van der Waals surface area contributed by atoms with E-state index in [4.69, 9.17) is 16.6 Å². The smallest absolute Gasteiger partial charge is 0.237 e. The fraction of sp³-hybridized carbons (Fsp3) is 0.0968. The number of fused-ring (bicyclic) bond motifs is 1. The van der Waals surface area contributed by atoms with Gasteiger partial charge in [0.2, 0.25) is 11.8 Å². The molecule has 9 heteroatoms. The van der Waals surface area contributed by atoms with Gasteiger partial charge < -0.3 is 20.4 Å². The number of hydrogen-bond acceptors (Lipinski definition) is 6. The van der Waals surface area contributed by atoms with Crippen LogP contribution >= 0.6 is 24.0 Å². The summed E-state index contributed by atoms with van der Waals surface area (Å²) >= 11 is 6.89. The lowest BCUT2D eigenvalue weighted by Crippen LogP contribution is -2.22. The number of ketones is 1. The van der Waals surface area contributed by atoms with E-state index in [2.05, 4.69) is 20.9 Å². The van der Waals surface area contributed by atoms with Crippen LogP contribution in [0.5, 0.6) is 0 Å². The third-order valence-electron chi connectivity index (χ3n) is 6.02. The summed E-state index contributed by atoms with van der Waals surface area (Å²) in [5, 5.41) is 9.33. The molecule has 200 valence electrons. The van der Waals surface area contributed by atoms with E-state index in [0.717, 1.165) is 32.9 Å². The summed E-state index contributed by atoms with van der Waals surface area (Å²) in [4.78, 5) is 29.8. The number of thiocarbonyl (C=S) groups is 1. The van der Waals surface area contributed by atoms with Crippen molar-refractivity contribution in [3.63, 3.8) is 0 Å². The zero-order chi connectivity index (χ0) is 28.1. The second-order valence-electron chi connectivity index (χ2n) is 9.05. The van der Waals surface area contributed by atoms with Gasteiger partial charge in [-0.2, -0.15) is 0 Å². The second kappa shape index (κ2) is 12.1. The third-order valence-corrected chi connectivity index (χ3v) is 7.31. The van der Waals surface area contributed by atoms with E-state index >= 15 is 0 Å². The molecule has 0 fully saturated rings. The number of hydrogen-bond donors (Lipinski definition) is 3. The molecule has 4 aromatic carbocycles. The first kappa shape index (κ1) is 27.1. The van der Waals surface area contributed by atoms with Gasteiger partial charge in [-0.05, 0) is 105 Å². The van der Waals surface area contributed by atoms with Crippen molar-refractivity contribution in [3.8, 4) is 11.5 Å². The molecule has 0 spiro atoms. The van der Waals surface area contributed by atoms with E-state index in [9.17, 15) is 9.59 Å². The minimum atomic E-state index is -0.336. The van der Waals surface area contributed by atoms with Crippen molar-refractivity contribution in [3.05, 3.63) is 103 Å². The van der Waals surface area contributed by atoms with Gasteiger partial charge in [-0.15, -0.1) is 11.8 Å². The zero-order valence-corrected chi connectivity index (χ0v) is 23.4. The molecule has 0 aliphatic heterocycles. The molecule has 0 saturated heterocycles. The van der Waals surface area contributed by atoms with E-state index in [1.165, 1.54) is 18.7 Å². The van der Waals surface area contributed by atoms with E-state index in [0.29, 0.717) is 22.3 Å². The monoisotopic (exact) mass is 566 g/mol. The molecule has 0 aliphatic rings. The molecule has 40 heavy (non-hydrogen) atoms. The van der Waals surface area contributed by atoms with Gasteiger partial charge in [-0.25, -0.2) is 4.98 Å². The molecule has 5 rings (SSSR count). The zero-order valence-electron chi connectivity index (χ0n) is 21.8. The van der Waals surface area contributed by atoms with E-state index in [-0.39, 0.29) is 16.9 Å². The van der Waals surface area contributed by atoms with Crippen LogP contribution in [-0.2, 0) is 4.79 Å². The Morgan fingerprint density at radius 3 is 2.23 bits per heavy atom. The fourth-order valence-corrected chi connectivity index (χ4v) is 5.08. The molecule has 1 aromatic heterocycles. The number of nitrogens with zero attached hydrogens (tertiary/aromatic N) is 1. The Morgan fingerprint density at radius 2 is 1.50 bits per heavy atom. The predicted molar refractivity (Wildman–Crippen MR) is 166 cm³/mol. The minimum absolute atomic E-state index is 0.0128. The normalized spacial score (nSPS) is 11.6. The van der Waals surface area contributed by atoms with Crippen molar-refractivity contribution >= 4 is 68.9 Å². The molecule has 0 bridgehead atoms. The quantitative estimate of drug-likeness (QED) is 0.100. The van der Waals surface area contributed by atoms with Gasteiger partial charge in [0.25, 0.3) is 0 Å². The Labute approximate surface area is 241 Å². The lowest BCUT2D eigenvalue weighted by molar-refractivity contribution is -0.115. The van der Waals surface area contributed by atoms with Crippen LogP contribution in [0.3, 0.4) is 0 Å². The summed E-state index contributed by atoms with van der Waals surface area (Å²) in [6.45, 7) is 3.40. The average molecular weight is 567 g/mol. The standard InChI is InChI=1S/C31H26N4O3S2/c1-19(36)21-10-14-24(15-11-21)33-31(39)34-25-6-5-7-26(18-25)40-20(2)29(37)32-23-16-12-22(13-17-23)30-35-27-8-3-4-9-28(27)38-30/h3-18,20H,1-2H3,(H,32,37)(H2,33,34,39). The van der Waals surface area contributed by atoms with Gasteiger partial charge in [0.15, 0.2) is 16.5 Å². The Balaban J connectivity index is 1.15. The van der Waals surface area contributed by atoms with Crippen LogP contribution in [0.2, 0.25) is 0 Å². The Hall–Kier alpha value is -4.47. The first-order chi connectivity index (χ1) is 19.3. The highest BCUT2D eigenvalue weighted by Gasteiger charge is 2.16. The minimum Gasteiger partial charge on any atom is -0.436 e. The molecular weight excluding hydrogens is 541 g/mol. The SMILES string of the molecule is CC(=O)c1ccc(NC(=S)Nc2cccc(SC(C)C(=O)Nc3ccc(-c4nc5ccccc5o4)cc3)c2)cc1. The number of thioether (sulfide) groups is 1. The van der Waals surface area contributed by atoms with E-state index in [1.54, 1.807) is 24.3 Å². The van der Waals surface area contributed by atoms with Gasteiger partial charge in [0.1, 0.15) is 5.52 Å². The first-order valence-electron chi connectivity index (χ1n) is 12.6. The molecule has 5 aromatic rings. The van der Waals surface area contributed by atoms with E-state index < -0.39 is 0 Å². The number of rotatable bonds is 8. The van der Waals surface area contributed by atoms with Crippen molar-refractivity contribution < 1.29 is 14.0 Å². The first-order valence-corrected chi connectivity index (χ1v) is 13.9. The molecule has 3 N–H and O–H groups in total. The number of aromatic nitrogens is 1. The lowest BCUT2D eigenvalue weighted by atomic mass is 10.1. The molecule has 1 atom stereocenters. The molecule has 0 saturated carbocycles. The van der Waals surface area contributed by atoms with E-state index in [1.807, 2.05) is 79.7 Å². The van der Waals surface area contributed by atoms with Crippen LogP contribution in [0, 0.1) is 0 Å². The summed E-state index contributed by atoms with van der Waals surface area (Å²) in [5.74, 6) is 0.445. The van der Waals surface area contributed by atoms with Crippen molar-refractivity contribution in [1.82, 2.24) is 4.98 Å². The summed E-state index contributed by atoms with van der Waals surface area (Å²) in [6.07, 6.45) is 0. The summed E-state index contributed by atoms with van der Waals surface area (Å²) in [5.41, 5.74) is 5.29. The number of Topliss-reactive ketones (excluding diaryl/α,β-unsaturated/α-hetero) is 1. The van der Waals surface area contributed by atoms with Crippen molar-refractivity contribution in [2.45, 2.75) is 24.0 Å². The largest absolute Gasteiger partial charge is 0.436 e. The number of nitrogens with one attached hydrogen (secondary N) is 3. The highest BCUT2D eigenvalue weighted by atomic mass is 32.2. The summed E-state index contributed by atoms with van der Waals surface area (Å²) in [7, 11) is 0. The maximum Gasteiger partial charge on any atom is 0.237 e. The summed E-state index contributed by atoms with van der Waals surface area (Å²) in [6, 6.07) is 29.9. The predicted octanol–water partition coefficient (Wildman–Crippen LogP) is 7.63. The number of carbonyl (C=O) groups is 2. The third kappa shape index (κ3) is 6.74. The van der Waals surface area contributed by atoms with Crippen LogP contribution in [0.4, 0.5) is 17.1 Å². The van der Waals surface area contributed by atoms with Gasteiger partial charge >= 0.3 is 0 Å². The molecule has 1 amide bonds. The second-order valence-corrected chi connectivity index (χ2v) is 10.9. The molecule has 0 radical (unpaired) electrons. The molecular formula is C31H26N4O3S2. The molecule has 1 heterocycles.